The van der Waals surface area contributed by atoms with Crippen LogP contribution in [0.1, 0.15) is 23.2 Å². The van der Waals surface area contributed by atoms with Crippen LogP contribution >= 0.6 is 11.6 Å². The Morgan fingerprint density at radius 1 is 1.04 bits per heavy atom. The number of carbonyl (C=O) groups excluding carboxylic acids is 1. The van der Waals surface area contributed by atoms with E-state index in [2.05, 4.69) is 10.6 Å². The lowest BCUT2D eigenvalue weighted by Crippen LogP contribution is -2.42. The van der Waals surface area contributed by atoms with Gasteiger partial charge in [-0.15, -0.1) is 0 Å². The highest BCUT2D eigenvalue weighted by Crippen LogP contribution is 2.25. The summed E-state index contributed by atoms with van der Waals surface area (Å²) in [4.78, 5) is 14.1. The Hall–Kier alpha value is -2.08. The van der Waals surface area contributed by atoms with Gasteiger partial charge < -0.3 is 21.3 Å². The fourth-order valence-electron chi connectivity index (χ4n) is 2.59. The lowest BCUT2D eigenvalue weighted by atomic mass is 10.1. The number of carbonyl (C=O) groups is 1. The maximum Gasteiger partial charge on any atom is 0.314 e. The van der Waals surface area contributed by atoms with Gasteiger partial charge in [-0.2, -0.15) is 0 Å². The molecular formula is C19H25ClN4O. The van der Waals surface area contributed by atoms with E-state index in [1.54, 1.807) is 0 Å². The fourth-order valence-corrected chi connectivity index (χ4v) is 2.85. The molecule has 0 aliphatic heterocycles. The second-order valence-electron chi connectivity index (χ2n) is 6.11. The normalized spacial score (nSPS) is 13.3. The van der Waals surface area contributed by atoms with Gasteiger partial charge in [-0.3, -0.25) is 0 Å². The number of hydrogen-bond acceptors (Lipinski definition) is 3. The molecule has 134 valence electrons. The second kappa shape index (κ2) is 9.42. The molecule has 0 saturated carbocycles. The summed E-state index contributed by atoms with van der Waals surface area (Å²) in [6.07, 6.45) is 0. The number of nitrogens with zero attached hydrogens (tertiary/aromatic N) is 1. The zero-order valence-corrected chi connectivity index (χ0v) is 15.3. The van der Waals surface area contributed by atoms with E-state index in [0.717, 1.165) is 11.1 Å². The summed E-state index contributed by atoms with van der Waals surface area (Å²) in [5.41, 5.74) is 8.06. The number of amides is 2. The molecule has 0 spiro atoms. The lowest BCUT2D eigenvalue weighted by molar-refractivity contribution is 0.232. The van der Waals surface area contributed by atoms with E-state index in [9.17, 15) is 4.79 Å². The van der Waals surface area contributed by atoms with E-state index >= 15 is 0 Å². The standard InChI is InChI=1S/C19H25ClN4O/c1-24(2)18(15-10-6-7-11-16(15)20)13-23-19(25)22-12-17(21)14-8-4-3-5-9-14/h3-11,17-18H,12-13,21H2,1-2H3,(H2,22,23,25). The van der Waals surface area contributed by atoms with Crippen LogP contribution < -0.4 is 16.4 Å². The maximum absolute atomic E-state index is 12.1. The molecule has 2 rings (SSSR count). The summed E-state index contributed by atoms with van der Waals surface area (Å²) in [6, 6.07) is 16.9. The molecule has 0 heterocycles. The number of rotatable bonds is 7. The van der Waals surface area contributed by atoms with Crippen molar-refractivity contribution in [3.63, 3.8) is 0 Å². The summed E-state index contributed by atoms with van der Waals surface area (Å²) in [5, 5.41) is 6.39. The average Bonchev–Trinajstić information content (AvgIpc) is 2.61. The van der Waals surface area contributed by atoms with Gasteiger partial charge in [-0.05, 0) is 31.3 Å². The number of benzene rings is 2. The van der Waals surface area contributed by atoms with Crippen LogP contribution in [-0.4, -0.2) is 38.1 Å². The van der Waals surface area contributed by atoms with Gasteiger partial charge in [0.1, 0.15) is 0 Å². The van der Waals surface area contributed by atoms with Gasteiger partial charge in [0.15, 0.2) is 0 Å². The number of likely N-dealkylation sites (N-methyl/N-ethyl adjacent to an activating group) is 1. The number of nitrogens with one attached hydrogen (secondary N) is 2. The molecule has 6 heteroatoms. The van der Waals surface area contributed by atoms with Gasteiger partial charge in [0.2, 0.25) is 0 Å². The van der Waals surface area contributed by atoms with Gasteiger partial charge in [-0.25, -0.2) is 4.79 Å². The lowest BCUT2D eigenvalue weighted by Gasteiger charge is -2.26. The molecule has 0 saturated heterocycles. The molecule has 0 bridgehead atoms. The summed E-state index contributed by atoms with van der Waals surface area (Å²) in [6.45, 7) is 0.817. The van der Waals surface area contributed by atoms with Crippen LogP contribution in [0.5, 0.6) is 0 Å². The van der Waals surface area contributed by atoms with Gasteiger partial charge in [0.25, 0.3) is 0 Å². The largest absolute Gasteiger partial charge is 0.336 e. The highest BCUT2D eigenvalue weighted by atomic mass is 35.5. The first-order valence-corrected chi connectivity index (χ1v) is 8.60. The van der Waals surface area contributed by atoms with E-state index in [4.69, 9.17) is 17.3 Å². The van der Waals surface area contributed by atoms with Crippen molar-refractivity contribution in [3.05, 3.63) is 70.7 Å². The maximum atomic E-state index is 12.1. The topological polar surface area (TPSA) is 70.4 Å². The average molecular weight is 361 g/mol. The first-order chi connectivity index (χ1) is 12.0. The Kier molecular flexibility index (Phi) is 7.25. The molecular weight excluding hydrogens is 336 g/mol. The molecule has 0 aromatic heterocycles. The van der Waals surface area contributed by atoms with Crippen molar-refractivity contribution in [2.45, 2.75) is 12.1 Å². The monoisotopic (exact) mass is 360 g/mol. The first-order valence-electron chi connectivity index (χ1n) is 8.22. The predicted molar refractivity (Wildman–Crippen MR) is 103 cm³/mol. The molecule has 0 aliphatic rings. The van der Waals surface area contributed by atoms with Crippen LogP contribution in [0, 0.1) is 0 Å². The van der Waals surface area contributed by atoms with Crippen molar-refractivity contribution in [1.82, 2.24) is 15.5 Å². The van der Waals surface area contributed by atoms with Gasteiger partial charge in [0, 0.05) is 24.2 Å². The molecule has 2 aromatic carbocycles. The van der Waals surface area contributed by atoms with Gasteiger partial charge in [-0.1, -0.05) is 60.1 Å². The Balaban J connectivity index is 1.86. The fraction of sp³-hybridized carbons (Fsp3) is 0.316. The van der Waals surface area contributed by atoms with Crippen molar-refractivity contribution < 1.29 is 4.79 Å². The molecule has 25 heavy (non-hydrogen) atoms. The Labute approximate surface area is 154 Å². The Morgan fingerprint density at radius 3 is 2.28 bits per heavy atom. The zero-order chi connectivity index (χ0) is 18.2. The van der Waals surface area contributed by atoms with E-state index in [0.29, 0.717) is 18.1 Å². The molecule has 0 aliphatic carbocycles. The summed E-state index contributed by atoms with van der Waals surface area (Å²) in [5.74, 6) is 0. The van der Waals surface area contributed by atoms with Crippen LogP contribution in [0.25, 0.3) is 0 Å². The molecule has 2 amide bonds. The quantitative estimate of drug-likeness (QED) is 0.711. The number of hydrogen-bond donors (Lipinski definition) is 3. The minimum absolute atomic E-state index is 0.0118. The summed E-state index contributed by atoms with van der Waals surface area (Å²) < 4.78 is 0. The third-order valence-corrected chi connectivity index (χ3v) is 4.40. The SMILES string of the molecule is CN(C)C(CNC(=O)NCC(N)c1ccccc1)c1ccccc1Cl. The third-order valence-electron chi connectivity index (χ3n) is 4.05. The molecule has 2 atom stereocenters. The van der Waals surface area contributed by atoms with Crippen molar-refractivity contribution in [2.75, 3.05) is 27.2 Å². The smallest absolute Gasteiger partial charge is 0.314 e. The van der Waals surface area contributed by atoms with E-state index in [1.165, 1.54) is 0 Å². The van der Waals surface area contributed by atoms with Crippen molar-refractivity contribution >= 4 is 17.6 Å². The molecule has 0 fully saturated rings. The third kappa shape index (κ3) is 5.74. The van der Waals surface area contributed by atoms with Crippen LogP contribution in [-0.2, 0) is 0 Å². The van der Waals surface area contributed by atoms with Crippen molar-refractivity contribution in [1.29, 1.82) is 0 Å². The summed E-state index contributed by atoms with van der Waals surface area (Å²) in [7, 11) is 3.91. The first kappa shape index (κ1) is 19.2. The van der Waals surface area contributed by atoms with E-state index < -0.39 is 0 Å². The van der Waals surface area contributed by atoms with Crippen LogP contribution in [0.3, 0.4) is 0 Å². The van der Waals surface area contributed by atoms with Crippen molar-refractivity contribution in [3.8, 4) is 0 Å². The zero-order valence-electron chi connectivity index (χ0n) is 14.6. The summed E-state index contributed by atoms with van der Waals surface area (Å²) >= 11 is 6.28. The van der Waals surface area contributed by atoms with Crippen LogP contribution in [0.4, 0.5) is 4.79 Å². The van der Waals surface area contributed by atoms with Crippen LogP contribution in [0.2, 0.25) is 5.02 Å². The number of urea groups is 1. The van der Waals surface area contributed by atoms with Crippen molar-refractivity contribution in [2.24, 2.45) is 5.73 Å². The Morgan fingerprint density at radius 2 is 1.64 bits per heavy atom. The number of halogens is 1. The molecule has 2 unspecified atom stereocenters. The Bertz CT molecular complexity index is 678. The molecule has 5 nitrogen and oxygen atoms in total. The minimum atomic E-state index is -0.245. The second-order valence-corrected chi connectivity index (χ2v) is 6.52. The van der Waals surface area contributed by atoms with E-state index in [1.807, 2.05) is 73.6 Å². The van der Waals surface area contributed by atoms with Crippen LogP contribution in [0.15, 0.2) is 54.6 Å². The predicted octanol–water partition coefficient (Wildman–Crippen LogP) is 2.94. The molecule has 0 radical (unpaired) electrons. The van der Waals surface area contributed by atoms with Gasteiger partial charge >= 0.3 is 6.03 Å². The highest BCUT2D eigenvalue weighted by molar-refractivity contribution is 6.31. The highest BCUT2D eigenvalue weighted by Gasteiger charge is 2.18. The minimum Gasteiger partial charge on any atom is -0.336 e. The van der Waals surface area contributed by atoms with E-state index in [-0.39, 0.29) is 18.1 Å². The van der Waals surface area contributed by atoms with Gasteiger partial charge in [0.05, 0.1) is 6.04 Å². The number of nitrogens with two attached hydrogens (primary N) is 1. The molecule has 4 N–H and O–H groups in total. The molecule has 2 aromatic rings.